The van der Waals surface area contributed by atoms with Crippen LogP contribution in [0.4, 0.5) is 0 Å². The fourth-order valence-electron chi connectivity index (χ4n) is 3.65. The third-order valence-corrected chi connectivity index (χ3v) is 7.93. The Morgan fingerprint density at radius 3 is 2.24 bits per heavy atom. The van der Waals surface area contributed by atoms with Crippen molar-refractivity contribution >= 4 is 26.0 Å². The molecule has 0 aliphatic heterocycles. The number of rotatable bonds is 9. The van der Waals surface area contributed by atoms with Crippen LogP contribution in [0.25, 0.3) is 0 Å². The minimum atomic E-state index is -3.76. The number of carbonyl (C=O) groups is 1. The van der Waals surface area contributed by atoms with E-state index in [0.717, 1.165) is 32.1 Å². The molecule has 0 spiro atoms. The molecule has 11 heteroatoms. The molecule has 0 heterocycles. The SMILES string of the molecule is Cc1cc(S(=O)(=O)NC2CCCCC2)ccc1OCC(=O)NCc1ccc(S(N)(=O)=O)cc1. The van der Waals surface area contributed by atoms with E-state index in [1.165, 1.54) is 24.3 Å². The van der Waals surface area contributed by atoms with E-state index in [0.29, 0.717) is 16.9 Å². The van der Waals surface area contributed by atoms with Crippen molar-refractivity contribution in [3.8, 4) is 5.75 Å². The number of ether oxygens (including phenoxy) is 1. The highest BCUT2D eigenvalue weighted by Gasteiger charge is 2.22. The molecule has 0 atom stereocenters. The van der Waals surface area contributed by atoms with E-state index in [4.69, 9.17) is 9.88 Å². The first-order chi connectivity index (χ1) is 15.5. The summed E-state index contributed by atoms with van der Waals surface area (Å²) in [6.45, 7) is 1.67. The Hall–Kier alpha value is -2.47. The molecular weight excluding hydrogens is 466 g/mol. The average molecular weight is 496 g/mol. The Balaban J connectivity index is 1.52. The van der Waals surface area contributed by atoms with E-state index in [1.807, 2.05) is 0 Å². The highest BCUT2D eigenvalue weighted by Crippen LogP contribution is 2.24. The van der Waals surface area contributed by atoms with Gasteiger partial charge >= 0.3 is 0 Å². The summed E-state index contributed by atoms with van der Waals surface area (Å²) in [7, 11) is -7.38. The van der Waals surface area contributed by atoms with E-state index < -0.39 is 20.0 Å². The highest BCUT2D eigenvalue weighted by atomic mass is 32.2. The van der Waals surface area contributed by atoms with Crippen LogP contribution >= 0.6 is 0 Å². The molecule has 180 valence electrons. The number of sulfonamides is 2. The van der Waals surface area contributed by atoms with Crippen LogP contribution in [-0.2, 0) is 31.4 Å². The zero-order chi connectivity index (χ0) is 24.1. The van der Waals surface area contributed by atoms with Crippen molar-refractivity contribution in [3.63, 3.8) is 0 Å². The maximum absolute atomic E-state index is 12.7. The summed E-state index contributed by atoms with van der Waals surface area (Å²) in [6.07, 6.45) is 4.90. The molecule has 0 bridgehead atoms. The lowest BCUT2D eigenvalue weighted by molar-refractivity contribution is -0.123. The van der Waals surface area contributed by atoms with E-state index in [1.54, 1.807) is 25.1 Å². The minimum absolute atomic E-state index is 0.00390. The normalized spacial score (nSPS) is 15.2. The van der Waals surface area contributed by atoms with Crippen LogP contribution in [0.5, 0.6) is 5.75 Å². The lowest BCUT2D eigenvalue weighted by Gasteiger charge is -2.22. The monoisotopic (exact) mass is 495 g/mol. The topological polar surface area (TPSA) is 145 Å². The molecule has 4 N–H and O–H groups in total. The number of nitrogens with two attached hydrogens (primary N) is 1. The van der Waals surface area contributed by atoms with Crippen molar-refractivity contribution in [2.75, 3.05) is 6.61 Å². The summed E-state index contributed by atoms with van der Waals surface area (Å²) in [6, 6.07) is 10.4. The molecule has 2 aromatic carbocycles. The molecule has 33 heavy (non-hydrogen) atoms. The van der Waals surface area contributed by atoms with E-state index in [9.17, 15) is 21.6 Å². The predicted molar refractivity (Wildman–Crippen MR) is 124 cm³/mol. The van der Waals surface area contributed by atoms with Gasteiger partial charge in [0.1, 0.15) is 5.75 Å². The summed E-state index contributed by atoms with van der Waals surface area (Å²) in [5.74, 6) is 0.0415. The zero-order valence-electron chi connectivity index (χ0n) is 18.4. The molecule has 3 rings (SSSR count). The van der Waals surface area contributed by atoms with Gasteiger partial charge in [-0.25, -0.2) is 26.7 Å². The number of aryl methyl sites for hydroxylation is 1. The Morgan fingerprint density at radius 2 is 1.64 bits per heavy atom. The van der Waals surface area contributed by atoms with Gasteiger partial charge in [-0.1, -0.05) is 31.4 Å². The lowest BCUT2D eigenvalue weighted by Crippen LogP contribution is -2.36. The number of amides is 1. The quantitative estimate of drug-likeness (QED) is 0.485. The summed E-state index contributed by atoms with van der Waals surface area (Å²) in [4.78, 5) is 12.3. The third kappa shape index (κ3) is 7.26. The Kier molecular flexibility index (Phi) is 8.11. The number of benzene rings is 2. The van der Waals surface area contributed by atoms with Crippen LogP contribution in [0, 0.1) is 6.92 Å². The summed E-state index contributed by atoms with van der Waals surface area (Å²) >= 11 is 0. The molecule has 9 nitrogen and oxygen atoms in total. The van der Waals surface area contributed by atoms with Crippen LogP contribution in [0.2, 0.25) is 0 Å². The van der Waals surface area contributed by atoms with Gasteiger partial charge in [0.25, 0.3) is 5.91 Å². The number of hydrogen-bond acceptors (Lipinski definition) is 6. The standard InChI is InChI=1S/C22H29N3O6S2/c1-16-13-20(33(29,30)25-18-5-3-2-4-6-18)11-12-21(16)31-15-22(26)24-14-17-7-9-19(10-8-17)32(23,27)28/h7-13,18,25H,2-6,14-15H2,1H3,(H,24,26)(H2,23,27,28). The fraction of sp³-hybridized carbons (Fsp3) is 0.409. The van der Waals surface area contributed by atoms with Crippen molar-refractivity contribution in [2.45, 2.75) is 61.4 Å². The fourth-order valence-corrected chi connectivity index (χ4v) is 5.56. The molecule has 0 radical (unpaired) electrons. The number of nitrogens with one attached hydrogen (secondary N) is 2. The number of carbonyl (C=O) groups excluding carboxylic acids is 1. The Bertz CT molecular complexity index is 1190. The molecule has 1 saturated carbocycles. The molecule has 0 saturated heterocycles. The van der Waals surface area contributed by atoms with Crippen molar-refractivity contribution in [1.82, 2.24) is 10.0 Å². The summed E-state index contributed by atoms with van der Waals surface area (Å²) < 4.78 is 56.2. The molecule has 1 amide bonds. The van der Waals surface area contributed by atoms with Gasteiger partial charge in [-0.3, -0.25) is 4.79 Å². The van der Waals surface area contributed by atoms with Crippen molar-refractivity contribution in [2.24, 2.45) is 5.14 Å². The van der Waals surface area contributed by atoms with Gasteiger partial charge in [0.05, 0.1) is 9.79 Å². The Morgan fingerprint density at radius 1 is 1.00 bits per heavy atom. The minimum Gasteiger partial charge on any atom is -0.484 e. The largest absolute Gasteiger partial charge is 0.484 e. The molecule has 1 fully saturated rings. The van der Waals surface area contributed by atoms with Gasteiger partial charge in [-0.15, -0.1) is 0 Å². The van der Waals surface area contributed by atoms with Gasteiger partial charge in [-0.05, 0) is 61.2 Å². The van der Waals surface area contributed by atoms with Crippen molar-refractivity contribution in [1.29, 1.82) is 0 Å². The second-order valence-corrected chi connectivity index (χ2v) is 11.4. The second-order valence-electron chi connectivity index (χ2n) is 8.14. The first kappa shape index (κ1) is 25.2. The van der Waals surface area contributed by atoms with Crippen LogP contribution in [0.3, 0.4) is 0 Å². The second kappa shape index (κ2) is 10.6. The lowest BCUT2D eigenvalue weighted by atomic mass is 9.96. The van der Waals surface area contributed by atoms with Crippen LogP contribution in [-0.4, -0.2) is 35.4 Å². The van der Waals surface area contributed by atoms with Gasteiger partial charge in [-0.2, -0.15) is 0 Å². The average Bonchev–Trinajstić information content (AvgIpc) is 2.77. The van der Waals surface area contributed by atoms with E-state index >= 15 is 0 Å². The Labute approximate surface area is 194 Å². The molecule has 0 unspecified atom stereocenters. The first-order valence-electron chi connectivity index (χ1n) is 10.7. The predicted octanol–water partition coefficient (Wildman–Crippen LogP) is 1.95. The third-order valence-electron chi connectivity index (χ3n) is 5.48. The maximum Gasteiger partial charge on any atom is 0.258 e. The smallest absolute Gasteiger partial charge is 0.258 e. The van der Waals surface area contributed by atoms with E-state index in [2.05, 4.69) is 10.0 Å². The first-order valence-corrected chi connectivity index (χ1v) is 13.7. The van der Waals surface area contributed by atoms with Crippen LogP contribution in [0.15, 0.2) is 52.3 Å². The van der Waals surface area contributed by atoms with Crippen molar-refractivity contribution < 1.29 is 26.4 Å². The van der Waals surface area contributed by atoms with Gasteiger partial charge < -0.3 is 10.1 Å². The van der Waals surface area contributed by atoms with Gasteiger partial charge in [0.2, 0.25) is 20.0 Å². The number of hydrogen-bond donors (Lipinski definition) is 3. The van der Waals surface area contributed by atoms with Crippen LogP contribution < -0.4 is 19.9 Å². The van der Waals surface area contributed by atoms with Crippen LogP contribution in [0.1, 0.15) is 43.2 Å². The van der Waals surface area contributed by atoms with Gasteiger partial charge in [0, 0.05) is 12.6 Å². The molecule has 1 aliphatic carbocycles. The van der Waals surface area contributed by atoms with Crippen molar-refractivity contribution in [3.05, 3.63) is 53.6 Å². The maximum atomic E-state index is 12.7. The summed E-state index contributed by atoms with van der Waals surface area (Å²) in [5.41, 5.74) is 1.31. The molecule has 1 aliphatic rings. The summed E-state index contributed by atoms with van der Waals surface area (Å²) in [5, 5.41) is 7.74. The molecule has 2 aromatic rings. The zero-order valence-corrected chi connectivity index (χ0v) is 20.0. The highest BCUT2D eigenvalue weighted by molar-refractivity contribution is 7.89. The molecular formula is C22H29N3O6S2. The van der Waals surface area contributed by atoms with Gasteiger partial charge in [0.15, 0.2) is 6.61 Å². The van der Waals surface area contributed by atoms with E-state index in [-0.39, 0.29) is 34.9 Å². The molecule has 0 aromatic heterocycles. The number of primary sulfonamides is 1.